The first-order chi connectivity index (χ1) is 8.97. The fourth-order valence-electron chi connectivity index (χ4n) is 1.87. The molecule has 1 saturated carbocycles. The van der Waals surface area contributed by atoms with Crippen molar-refractivity contribution in [2.24, 2.45) is 5.92 Å². The number of alkyl halides is 3. The lowest BCUT2D eigenvalue weighted by molar-refractivity contribution is -0.137. The Bertz CT molecular complexity index is 413. The predicted molar refractivity (Wildman–Crippen MR) is 64.6 cm³/mol. The number of halogens is 3. The highest BCUT2D eigenvalue weighted by Gasteiger charge is 2.30. The summed E-state index contributed by atoms with van der Waals surface area (Å²) in [7, 11) is 0. The first-order valence-electron chi connectivity index (χ1n) is 6.40. The third-order valence-corrected chi connectivity index (χ3v) is 3.24. The molecule has 0 aromatic heterocycles. The van der Waals surface area contributed by atoms with Crippen LogP contribution in [0.25, 0.3) is 0 Å². The Morgan fingerprint density at radius 3 is 2.68 bits per heavy atom. The van der Waals surface area contributed by atoms with Crippen molar-refractivity contribution >= 4 is 0 Å². The second kappa shape index (κ2) is 5.92. The molecule has 1 N–H and O–H groups in total. The van der Waals surface area contributed by atoms with E-state index in [1.54, 1.807) is 0 Å². The van der Waals surface area contributed by atoms with Gasteiger partial charge in [-0.3, -0.25) is 0 Å². The van der Waals surface area contributed by atoms with E-state index in [0.29, 0.717) is 6.61 Å². The summed E-state index contributed by atoms with van der Waals surface area (Å²) in [6, 6.07) is 4.73. The molecule has 1 fully saturated rings. The van der Waals surface area contributed by atoms with Gasteiger partial charge in [-0.15, -0.1) is 0 Å². The largest absolute Gasteiger partial charge is 0.416 e. The minimum absolute atomic E-state index is 0.0357. The van der Waals surface area contributed by atoms with Gasteiger partial charge in [0.05, 0.1) is 12.2 Å². The van der Waals surface area contributed by atoms with Gasteiger partial charge in [0.1, 0.15) is 6.10 Å². The molecule has 0 aliphatic heterocycles. The van der Waals surface area contributed by atoms with E-state index in [1.165, 1.54) is 25.0 Å². The third kappa shape index (κ3) is 4.51. The van der Waals surface area contributed by atoms with E-state index >= 15 is 0 Å². The lowest BCUT2D eigenvalue weighted by Crippen LogP contribution is -2.11. The molecule has 1 aliphatic carbocycles. The van der Waals surface area contributed by atoms with E-state index in [4.69, 9.17) is 4.74 Å². The molecule has 2 rings (SSSR count). The quantitative estimate of drug-likeness (QED) is 0.804. The van der Waals surface area contributed by atoms with Gasteiger partial charge in [0.15, 0.2) is 0 Å². The molecule has 0 amide bonds. The number of benzene rings is 1. The van der Waals surface area contributed by atoms with Gasteiger partial charge in [0.25, 0.3) is 0 Å². The zero-order chi connectivity index (χ0) is 13.9. The highest BCUT2D eigenvalue weighted by atomic mass is 19.4. The SMILES string of the molecule is OC(COCCC1CC1)c1cccc(C(F)(F)F)c1. The van der Waals surface area contributed by atoms with Gasteiger partial charge in [-0.25, -0.2) is 0 Å². The molecule has 0 bridgehead atoms. The minimum Gasteiger partial charge on any atom is -0.386 e. The molecule has 0 spiro atoms. The van der Waals surface area contributed by atoms with Crippen molar-refractivity contribution in [1.82, 2.24) is 0 Å². The number of rotatable bonds is 6. The Morgan fingerprint density at radius 2 is 2.05 bits per heavy atom. The standard InChI is InChI=1S/C14H17F3O2/c15-14(16,17)12-3-1-2-11(8-12)13(18)9-19-7-6-10-4-5-10/h1-3,8,10,13,18H,4-7,9H2. The Kier molecular flexibility index (Phi) is 4.47. The molecule has 1 aromatic carbocycles. The third-order valence-electron chi connectivity index (χ3n) is 3.24. The van der Waals surface area contributed by atoms with Crippen molar-refractivity contribution in [3.05, 3.63) is 35.4 Å². The molecule has 0 saturated heterocycles. The van der Waals surface area contributed by atoms with Crippen LogP contribution in [0.4, 0.5) is 13.2 Å². The van der Waals surface area contributed by atoms with Crippen molar-refractivity contribution in [2.45, 2.75) is 31.5 Å². The van der Waals surface area contributed by atoms with E-state index in [2.05, 4.69) is 0 Å². The van der Waals surface area contributed by atoms with Crippen LogP contribution >= 0.6 is 0 Å². The molecular formula is C14H17F3O2. The van der Waals surface area contributed by atoms with Crippen LogP contribution in [0.15, 0.2) is 24.3 Å². The lowest BCUT2D eigenvalue weighted by atomic mass is 10.1. The average Bonchev–Trinajstić information content (AvgIpc) is 3.17. The van der Waals surface area contributed by atoms with Crippen LogP contribution in [-0.4, -0.2) is 18.3 Å². The highest BCUT2D eigenvalue weighted by Crippen LogP contribution is 2.32. The van der Waals surface area contributed by atoms with E-state index < -0.39 is 17.8 Å². The lowest BCUT2D eigenvalue weighted by Gasteiger charge is -2.14. The summed E-state index contributed by atoms with van der Waals surface area (Å²) < 4.78 is 42.9. The molecule has 19 heavy (non-hydrogen) atoms. The Hall–Kier alpha value is -1.07. The Morgan fingerprint density at radius 1 is 1.32 bits per heavy atom. The molecule has 1 aromatic rings. The zero-order valence-electron chi connectivity index (χ0n) is 10.5. The van der Waals surface area contributed by atoms with Crippen molar-refractivity contribution < 1.29 is 23.0 Å². The number of aliphatic hydroxyl groups excluding tert-OH is 1. The fraction of sp³-hybridized carbons (Fsp3) is 0.571. The first kappa shape index (κ1) is 14.3. The van der Waals surface area contributed by atoms with Gasteiger partial charge in [0, 0.05) is 6.61 Å². The second-order valence-corrected chi connectivity index (χ2v) is 4.95. The second-order valence-electron chi connectivity index (χ2n) is 4.95. The maximum atomic E-state index is 12.5. The van der Waals surface area contributed by atoms with Gasteiger partial charge in [-0.1, -0.05) is 25.0 Å². The normalized spacial score (nSPS) is 17.5. The van der Waals surface area contributed by atoms with Crippen molar-refractivity contribution in [3.63, 3.8) is 0 Å². The van der Waals surface area contributed by atoms with Crippen LogP contribution in [-0.2, 0) is 10.9 Å². The molecule has 0 heterocycles. The maximum Gasteiger partial charge on any atom is 0.416 e. The molecule has 106 valence electrons. The summed E-state index contributed by atoms with van der Waals surface area (Å²) in [5.74, 6) is 0.741. The maximum absolute atomic E-state index is 12.5. The van der Waals surface area contributed by atoms with Gasteiger partial charge >= 0.3 is 6.18 Å². The number of hydrogen-bond acceptors (Lipinski definition) is 2. The zero-order valence-corrected chi connectivity index (χ0v) is 10.5. The first-order valence-corrected chi connectivity index (χ1v) is 6.40. The number of hydrogen-bond donors (Lipinski definition) is 1. The molecule has 1 unspecified atom stereocenters. The molecule has 1 atom stereocenters. The molecule has 5 heteroatoms. The number of ether oxygens (including phenoxy) is 1. The summed E-state index contributed by atoms with van der Waals surface area (Å²) in [6.07, 6.45) is -1.96. The van der Waals surface area contributed by atoms with Crippen LogP contribution < -0.4 is 0 Å². The predicted octanol–water partition coefficient (Wildman–Crippen LogP) is 3.56. The average molecular weight is 274 g/mol. The van der Waals surface area contributed by atoms with E-state index in [1.807, 2.05) is 0 Å². The van der Waals surface area contributed by atoms with Crippen molar-refractivity contribution in [1.29, 1.82) is 0 Å². The summed E-state index contributed by atoms with van der Waals surface area (Å²) in [6.45, 7) is 0.592. The molecular weight excluding hydrogens is 257 g/mol. The monoisotopic (exact) mass is 274 g/mol. The fourth-order valence-corrected chi connectivity index (χ4v) is 1.87. The Labute approximate surface area is 110 Å². The van der Waals surface area contributed by atoms with Crippen LogP contribution in [0.5, 0.6) is 0 Å². The van der Waals surface area contributed by atoms with E-state index in [9.17, 15) is 18.3 Å². The molecule has 2 nitrogen and oxygen atoms in total. The summed E-state index contributed by atoms with van der Waals surface area (Å²) >= 11 is 0. The van der Waals surface area contributed by atoms with Crippen molar-refractivity contribution in [3.8, 4) is 0 Å². The van der Waals surface area contributed by atoms with Gasteiger partial charge in [0.2, 0.25) is 0 Å². The van der Waals surface area contributed by atoms with Crippen molar-refractivity contribution in [2.75, 3.05) is 13.2 Å². The highest BCUT2D eigenvalue weighted by molar-refractivity contribution is 5.27. The van der Waals surface area contributed by atoms with E-state index in [-0.39, 0.29) is 12.2 Å². The van der Waals surface area contributed by atoms with Crippen LogP contribution in [0.2, 0.25) is 0 Å². The Balaban J connectivity index is 1.85. The number of aliphatic hydroxyl groups is 1. The van der Waals surface area contributed by atoms with Gasteiger partial charge < -0.3 is 9.84 Å². The topological polar surface area (TPSA) is 29.5 Å². The summed E-state index contributed by atoms with van der Waals surface area (Å²) in [4.78, 5) is 0. The van der Waals surface area contributed by atoms with Crippen LogP contribution in [0.1, 0.15) is 36.5 Å². The van der Waals surface area contributed by atoms with Crippen LogP contribution in [0, 0.1) is 5.92 Å². The summed E-state index contributed by atoms with van der Waals surface area (Å²) in [5.41, 5.74) is -0.511. The smallest absolute Gasteiger partial charge is 0.386 e. The summed E-state index contributed by atoms with van der Waals surface area (Å²) in [5, 5.41) is 9.80. The van der Waals surface area contributed by atoms with E-state index in [0.717, 1.165) is 24.5 Å². The van der Waals surface area contributed by atoms with Gasteiger partial charge in [-0.2, -0.15) is 13.2 Å². The molecule has 0 radical (unpaired) electrons. The van der Waals surface area contributed by atoms with Crippen LogP contribution in [0.3, 0.4) is 0 Å². The minimum atomic E-state index is -4.39. The molecule has 1 aliphatic rings. The van der Waals surface area contributed by atoms with Gasteiger partial charge in [-0.05, 0) is 30.0 Å².